The van der Waals surface area contributed by atoms with E-state index in [4.69, 9.17) is 0 Å². The number of piperidine rings is 1. The molecule has 4 aromatic rings. The van der Waals surface area contributed by atoms with Gasteiger partial charge in [0.2, 0.25) is 0 Å². The highest BCUT2D eigenvalue weighted by Crippen LogP contribution is 2.31. The Bertz CT molecular complexity index is 1410. The summed E-state index contributed by atoms with van der Waals surface area (Å²) in [6, 6.07) is 14.3. The molecular weight excluding hydrogens is 477 g/mol. The number of hydrogen-bond acceptors (Lipinski definition) is 5. The van der Waals surface area contributed by atoms with Gasteiger partial charge < -0.3 is 10.2 Å². The van der Waals surface area contributed by atoms with Crippen LogP contribution in [-0.2, 0) is 0 Å². The lowest BCUT2D eigenvalue weighted by Crippen LogP contribution is -2.38. The van der Waals surface area contributed by atoms with E-state index in [0.29, 0.717) is 35.6 Å². The Morgan fingerprint density at radius 1 is 1.08 bits per heavy atom. The van der Waals surface area contributed by atoms with Crippen LogP contribution in [0.4, 0.5) is 10.1 Å². The minimum Gasteiger partial charge on any atom is -0.338 e. The number of para-hydroxylation sites is 1. The number of anilines is 1. The second-order valence-electron chi connectivity index (χ2n) is 8.95. The molecule has 0 atom stereocenters. The van der Waals surface area contributed by atoms with E-state index in [-0.39, 0.29) is 23.5 Å². The fourth-order valence-electron chi connectivity index (χ4n) is 4.39. The van der Waals surface area contributed by atoms with E-state index < -0.39 is 0 Å². The Hall–Kier alpha value is -3.85. The third-order valence-electron chi connectivity index (χ3n) is 6.56. The van der Waals surface area contributed by atoms with Gasteiger partial charge in [-0.05, 0) is 56.5 Å². The Labute approximate surface area is 212 Å². The molecule has 0 aliphatic carbocycles. The number of nitrogens with one attached hydrogen (secondary N) is 1. The molecule has 1 aliphatic rings. The van der Waals surface area contributed by atoms with Crippen molar-refractivity contribution in [2.75, 3.05) is 18.4 Å². The van der Waals surface area contributed by atoms with E-state index in [2.05, 4.69) is 15.4 Å². The zero-order chi connectivity index (χ0) is 25.2. The molecule has 2 aromatic carbocycles. The van der Waals surface area contributed by atoms with Gasteiger partial charge in [-0.3, -0.25) is 9.59 Å². The number of rotatable bonds is 5. The number of carbonyl (C=O) groups is 2. The maximum absolute atomic E-state index is 13.8. The van der Waals surface area contributed by atoms with Crippen molar-refractivity contribution in [1.82, 2.24) is 19.7 Å². The van der Waals surface area contributed by atoms with Crippen LogP contribution in [-0.4, -0.2) is 44.6 Å². The third kappa shape index (κ3) is 4.79. The minimum absolute atomic E-state index is 0.0160. The molecule has 1 N–H and O–H groups in total. The van der Waals surface area contributed by atoms with Crippen LogP contribution < -0.4 is 5.32 Å². The molecule has 1 fully saturated rings. The molecule has 184 valence electrons. The second-order valence-corrected chi connectivity index (χ2v) is 9.84. The topological polar surface area (TPSA) is 80.1 Å². The second kappa shape index (κ2) is 10.0. The molecule has 1 saturated heterocycles. The van der Waals surface area contributed by atoms with Crippen molar-refractivity contribution in [1.29, 1.82) is 0 Å². The molecule has 0 radical (unpaired) electrons. The van der Waals surface area contributed by atoms with Gasteiger partial charge in [0.1, 0.15) is 11.5 Å². The summed E-state index contributed by atoms with van der Waals surface area (Å²) in [6.07, 6.45) is 3.19. The van der Waals surface area contributed by atoms with Gasteiger partial charge in [-0.2, -0.15) is 5.10 Å². The Balaban J connectivity index is 1.20. The number of carbonyl (C=O) groups excluding carboxylic acids is 2. The lowest BCUT2D eigenvalue weighted by molar-refractivity contribution is 0.0712. The van der Waals surface area contributed by atoms with Crippen LogP contribution in [0.3, 0.4) is 0 Å². The van der Waals surface area contributed by atoms with Crippen molar-refractivity contribution >= 4 is 28.8 Å². The number of benzene rings is 2. The van der Waals surface area contributed by atoms with E-state index in [9.17, 15) is 14.0 Å². The molecule has 2 aromatic heterocycles. The van der Waals surface area contributed by atoms with Crippen LogP contribution in [0, 0.1) is 19.7 Å². The predicted octanol–water partition coefficient (Wildman–Crippen LogP) is 5.36. The highest BCUT2D eigenvalue weighted by molar-refractivity contribution is 7.10. The summed E-state index contributed by atoms with van der Waals surface area (Å²) in [6.45, 7) is 4.81. The maximum Gasteiger partial charge on any atom is 0.275 e. The summed E-state index contributed by atoms with van der Waals surface area (Å²) in [5, 5.41) is 9.75. The van der Waals surface area contributed by atoms with Crippen molar-refractivity contribution in [2.24, 2.45) is 0 Å². The summed E-state index contributed by atoms with van der Waals surface area (Å²) in [5.74, 6) is -0.557. The summed E-state index contributed by atoms with van der Waals surface area (Å²) in [4.78, 5) is 32.2. The van der Waals surface area contributed by atoms with E-state index >= 15 is 0 Å². The zero-order valence-electron chi connectivity index (χ0n) is 20.1. The molecule has 2 amide bonds. The Kier molecular flexibility index (Phi) is 6.65. The molecule has 3 heterocycles. The number of amides is 2. The van der Waals surface area contributed by atoms with Gasteiger partial charge in [-0.25, -0.2) is 14.1 Å². The van der Waals surface area contributed by atoms with Crippen molar-refractivity contribution in [3.8, 4) is 5.69 Å². The number of likely N-dealkylation sites (tertiary alicyclic amines) is 1. The summed E-state index contributed by atoms with van der Waals surface area (Å²) < 4.78 is 15.6. The zero-order valence-corrected chi connectivity index (χ0v) is 20.9. The number of aromatic nitrogens is 3. The normalized spacial score (nSPS) is 14.1. The highest BCUT2D eigenvalue weighted by Gasteiger charge is 2.28. The molecular formula is C27H26FN5O2S. The van der Waals surface area contributed by atoms with E-state index in [1.54, 1.807) is 35.3 Å². The van der Waals surface area contributed by atoms with Gasteiger partial charge >= 0.3 is 0 Å². The predicted molar refractivity (Wildman–Crippen MR) is 137 cm³/mol. The van der Waals surface area contributed by atoms with E-state index in [0.717, 1.165) is 29.2 Å². The van der Waals surface area contributed by atoms with Gasteiger partial charge in [0.25, 0.3) is 11.8 Å². The molecule has 1 aliphatic heterocycles. The number of hydrogen-bond donors (Lipinski definition) is 1. The maximum atomic E-state index is 13.8. The van der Waals surface area contributed by atoms with E-state index in [1.807, 2.05) is 42.2 Å². The largest absolute Gasteiger partial charge is 0.338 e. The average molecular weight is 504 g/mol. The van der Waals surface area contributed by atoms with Gasteiger partial charge in [0.15, 0.2) is 0 Å². The molecule has 0 spiro atoms. The molecule has 0 bridgehead atoms. The molecule has 5 rings (SSSR count). The molecule has 36 heavy (non-hydrogen) atoms. The first-order valence-corrected chi connectivity index (χ1v) is 12.7. The van der Waals surface area contributed by atoms with Crippen molar-refractivity contribution in [3.05, 3.63) is 93.4 Å². The van der Waals surface area contributed by atoms with Crippen LogP contribution in [0.25, 0.3) is 5.69 Å². The average Bonchev–Trinajstić information content (AvgIpc) is 3.54. The van der Waals surface area contributed by atoms with Crippen molar-refractivity contribution in [2.45, 2.75) is 32.6 Å². The molecule has 0 saturated carbocycles. The fraction of sp³-hybridized carbons (Fsp3) is 0.259. The summed E-state index contributed by atoms with van der Waals surface area (Å²) >= 11 is 1.45. The fourth-order valence-corrected chi connectivity index (χ4v) is 5.37. The smallest absolute Gasteiger partial charge is 0.275 e. The first-order valence-electron chi connectivity index (χ1n) is 11.8. The monoisotopic (exact) mass is 503 g/mol. The van der Waals surface area contributed by atoms with Crippen molar-refractivity contribution < 1.29 is 14.0 Å². The highest BCUT2D eigenvalue weighted by atomic mass is 32.1. The van der Waals surface area contributed by atoms with Crippen molar-refractivity contribution in [3.63, 3.8) is 0 Å². The van der Waals surface area contributed by atoms with Gasteiger partial charge in [-0.1, -0.05) is 24.3 Å². The molecule has 0 unspecified atom stereocenters. The SMILES string of the molecule is Cc1ccc(NC(=O)c2csc(C3CCN(C(=O)c4cnn(-c5ccccc5)c4C)CC3)n2)cc1F. The van der Waals surface area contributed by atoms with Crippen LogP contribution >= 0.6 is 11.3 Å². The molecule has 9 heteroatoms. The Morgan fingerprint density at radius 2 is 1.83 bits per heavy atom. The van der Waals surface area contributed by atoms with Crippen LogP contribution in [0.15, 0.2) is 60.1 Å². The van der Waals surface area contributed by atoms with Crippen LogP contribution in [0.1, 0.15) is 55.9 Å². The standard InChI is InChI=1S/C27H26FN5O2S/c1-17-8-9-20(14-23(17)28)30-25(34)24-16-36-26(31-24)19-10-12-32(13-11-19)27(35)22-15-29-33(18(22)2)21-6-4-3-5-7-21/h3-9,14-16,19H,10-13H2,1-2H3,(H,30,34). The number of aryl methyl sites for hydroxylation is 1. The minimum atomic E-state index is -0.365. The van der Waals surface area contributed by atoms with Gasteiger partial charge in [0, 0.05) is 30.1 Å². The first kappa shape index (κ1) is 23.9. The Morgan fingerprint density at radius 3 is 2.56 bits per heavy atom. The third-order valence-corrected chi connectivity index (χ3v) is 7.56. The lowest BCUT2D eigenvalue weighted by Gasteiger charge is -2.31. The van der Waals surface area contributed by atoms with Gasteiger partial charge in [0.05, 0.1) is 28.1 Å². The quantitative estimate of drug-likeness (QED) is 0.398. The van der Waals surface area contributed by atoms with Crippen LogP contribution in [0.2, 0.25) is 0 Å². The summed E-state index contributed by atoms with van der Waals surface area (Å²) in [7, 11) is 0. The number of nitrogens with zero attached hydrogens (tertiary/aromatic N) is 4. The van der Waals surface area contributed by atoms with Gasteiger partial charge in [-0.15, -0.1) is 11.3 Å². The molecule has 7 nitrogen and oxygen atoms in total. The van der Waals surface area contributed by atoms with E-state index in [1.165, 1.54) is 17.4 Å². The summed E-state index contributed by atoms with van der Waals surface area (Å²) in [5.41, 5.74) is 3.59. The number of halogens is 1. The lowest BCUT2D eigenvalue weighted by atomic mass is 9.97. The number of thiazole rings is 1. The van der Waals surface area contributed by atoms with Crippen LogP contribution in [0.5, 0.6) is 0 Å². The first-order chi connectivity index (χ1) is 17.4.